The van der Waals surface area contributed by atoms with Crippen LogP contribution in [0, 0.1) is 13.8 Å². The summed E-state index contributed by atoms with van der Waals surface area (Å²) < 4.78 is 0. The van der Waals surface area contributed by atoms with Gasteiger partial charge in [-0.1, -0.05) is 6.07 Å². The molecular weight excluding hydrogens is 364 g/mol. The molecule has 2 fully saturated rings. The zero-order valence-electron chi connectivity index (χ0n) is 17.4. The first kappa shape index (κ1) is 19.5. The highest BCUT2D eigenvalue weighted by molar-refractivity contribution is 5.89. The fourth-order valence-corrected chi connectivity index (χ4v) is 4.19. The average molecular weight is 395 g/mol. The number of carbonyl (C=O) groups excluding carboxylic acids is 1. The van der Waals surface area contributed by atoms with Gasteiger partial charge in [-0.05, 0) is 56.4 Å². The first-order valence-electron chi connectivity index (χ1n) is 10.5. The molecule has 7 nitrogen and oxygen atoms in total. The van der Waals surface area contributed by atoms with Gasteiger partial charge in [0.25, 0.3) is 0 Å². The van der Waals surface area contributed by atoms with Gasteiger partial charge in [0.2, 0.25) is 0 Å². The predicted octanol–water partition coefficient (Wildman–Crippen LogP) is 3.44. The summed E-state index contributed by atoms with van der Waals surface area (Å²) in [7, 11) is 0. The van der Waals surface area contributed by atoms with Crippen molar-refractivity contribution in [1.82, 2.24) is 14.9 Å². The molecule has 0 spiro atoms. The first-order valence-corrected chi connectivity index (χ1v) is 10.5. The second-order valence-electron chi connectivity index (χ2n) is 8.06. The minimum absolute atomic E-state index is 0.0358. The molecule has 154 valence electrons. The minimum atomic E-state index is -0.0358. The molecule has 7 heteroatoms. The number of nitrogens with one attached hydrogen (secondary N) is 1. The molecule has 1 aromatic carbocycles. The second-order valence-corrected chi connectivity index (χ2v) is 8.06. The Labute approximate surface area is 172 Å². The summed E-state index contributed by atoms with van der Waals surface area (Å²) in [4.78, 5) is 28.1. The molecule has 2 saturated heterocycles. The number of piperazine rings is 1. The van der Waals surface area contributed by atoms with Crippen molar-refractivity contribution in [2.24, 2.45) is 0 Å². The van der Waals surface area contributed by atoms with Crippen molar-refractivity contribution >= 4 is 23.4 Å². The lowest BCUT2D eigenvalue weighted by molar-refractivity contribution is 0.208. The Morgan fingerprint density at radius 2 is 1.38 bits per heavy atom. The van der Waals surface area contributed by atoms with Gasteiger partial charge in [0.1, 0.15) is 18.0 Å². The molecule has 1 aromatic heterocycles. The van der Waals surface area contributed by atoms with E-state index in [0.29, 0.717) is 13.1 Å². The number of hydrogen-bond acceptors (Lipinski definition) is 5. The smallest absolute Gasteiger partial charge is 0.321 e. The zero-order valence-corrected chi connectivity index (χ0v) is 17.4. The maximum atomic E-state index is 12.7. The Balaban J connectivity index is 1.35. The maximum Gasteiger partial charge on any atom is 0.321 e. The van der Waals surface area contributed by atoms with E-state index in [0.717, 1.165) is 54.6 Å². The van der Waals surface area contributed by atoms with Crippen molar-refractivity contribution in [2.75, 3.05) is 54.4 Å². The SMILES string of the molecule is Cc1cc(C)cc(NC(=O)N2CCN(c3cc(N4CCCCC4)ncn3)CC2)c1. The molecule has 2 aromatic rings. The second kappa shape index (κ2) is 8.68. The Bertz CT molecular complexity index is 836. The summed E-state index contributed by atoms with van der Waals surface area (Å²) in [6, 6.07) is 8.17. The maximum absolute atomic E-state index is 12.7. The monoisotopic (exact) mass is 394 g/mol. The van der Waals surface area contributed by atoms with E-state index in [1.165, 1.54) is 19.3 Å². The Hall–Kier alpha value is -2.83. The highest BCUT2D eigenvalue weighted by Crippen LogP contribution is 2.22. The van der Waals surface area contributed by atoms with Crippen LogP contribution >= 0.6 is 0 Å². The van der Waals surface area contributed by atoms with Gasteiger partial charge in [-0.2, -0.15) is 0 Å². The standard InChI is InChI=1S/C22H30N6O/c1-17-12-18(2)14-19(13-17)25-22(29)28-10-8-27(9-11-28)21-15-20(23-16-24-21)26-6-4-3-5-7-26/h12-16H,3-11H2,1-2H3,(H,25,29). The molecular formula is C22H30N6O. The van der Waals surface area contributed by atoms with E-state index in [1.54, 1.807) is 6.33 Å². The highest BCUT2D eigenvalue weighted by Gasteiger charge is 2.23. The Kier molecular flexibility index (Phi) is 5.83. The van der Waals surface area contributed by atoms with E-state index in [4.69, 9.17) is 0 Å². The van der Waals surface area contributed by atoms with E-state index in [-0.39, 0.29) is 6.03 Å². The quantitative estimate of drug-likeness (QED) is 0.864. The van der Waals surface area contributed by atoms with Crippen LogP contribution in [0.2, 0.25) is 0 Å². The summed E-state index contributed by atoms with van der Waals surface area (Å²) in [6.07, 6.45) is 5.43. The van der Waals surface area contributed by atoms with Crippen molar-refractivity contribution in [3.8, 4) is 0 Å². The van der Waals surface area contributed by atoms with Crippen LogP contribution in [0.4, 0.5) is 22.1 Å². The highest BCUT2D eigenvalue weighted by atomic mass is 16.2. The fraction of sp³-hybridized carbons (Fsp3) is 0.500. The predicted molar refractivity (Wildman–Crippen MR) is 117 cm³/mol. The molecule has 0 aliphatic carbocycles. The number of amides is 2. The fourth-order valence-electron chi connectivity index (χ4n) is 4.19. The van der Waals surface area contributed by atoms with Gasteiger partial charge in [0.05, 0.1) is 0 Å². The third-order valence-electron chi connectivity index (χ3n) is 5.68. The summed E-state index contributed by atoms with van der Waals surface area (Å²) >= 11 is 0. The lowest BCUT2D eigenvalue weighted by atomic mass is 10.1. The van der Waals surface area contributed by atoms with Gasteiger partial charge in [0.15, 0.2) is 0 Å². The molecule has 2 aliphatic rings. The van der Waals surface area contributed by atoms with Gasteiger partial charge in [-0.3, -0.25) is 0 Å². The number of urea groups is 1. The van der Waals surface area contributed by atoms with Crippen molar-refractivity contribution < 1.29 is 4.79 Å². The van der Waals surface area contributed by atoms with E-state index in [2.05, 4.69) is 37.2 Å². The average Bonchev–Trinajstić information content (AvgIpc) is 2.74. The van der Waals surface area contributed by atoms with Gasteiger partial charge in [-0.15, -0.1) is 0 Å². The van der Waals surface area contributed by atoms with Crippen LogP contribution in [-0.2, 0) is 0 Å². The molecule has 29 heavy (non-hydrogen) atoms. The molecule has 0 bridgehead atoms. The number of piperidine rings is 1. The number of hydrogen-bond donors (Lipinski definition) is 1. The summed E-state index contributed by atoms with van der Waals surface area (Å²) in [5.41, 5.74) is 3.16. The number of carbonyl (C=O) groups is 1. The molecule has 3 heterocycles. The van der Waals surface area contributed by atoms with Crippen LogP contribution in [0.5, 0.6) is 0 Å². The topological polar surface area (TPSA) is 64.6 Å². The van der Waals surface area contributed by atoms with Gasteiger partial charge < -0.3 is 20.0 Å². The number of nitrogens with zero attached hydrogens (tertiary/aromatic N) is 5. The minimum Gasteiger partial charge on any atom is -0.356 e. The summed E-state index contributed by atoms with van der Waals surface area (Å²) in [6.45, 7) is 9.14. The molecule has 0 radical (unpaired) electrons. The first-order chi connectivity index (χ1) is 14.1. The number of rotatable bonds is 3. The normalized spacial score (nSPS) is 17.4. The number of aryl methyl sites for hydroxylation is 2. The van der Waals surface area contributed by atoms with Crippen LogP contribution in [0.1, 0.15) is 30.4 Å². The van der Waals surface area contributed by atoms with E-state index in [1.807, 2.05) is 30.9 Å². The Morgan fingerprint density at radius 3 is 2.00 bits per heavy atom. The number of benzene rings is 1. The molecule has 4 rings (SSSR count). The largest absolute Gasteiger partial charge is 0.356 e. The van der Waals surface area contributed by atoms with Crippen molar-refractivity contribution in [3.63, 3.8) is 0 Å². The van der Waals surface area contributed by atoms with Crippen molar-refractivity contribution in [3.05, 3.63) is 41.7 Å². The lowest BCUT2D eigenvalue weighted by Gasteiger charge is -2.36. The van der Waals surface area contributed by atoms with E-state index >= 15 is 0 Å². The number of anilines is 3. The molecule has 0 atom stereocenters. The van der Waals surface area contributed by atoms with Crippen LogP contribution in [0.25, 0.3) is 0 Å². The molecule has 2 amide bonds. The molecule has 2 aliphatic heterocycles. The number of aromatic nitrogens is 2. The Morgan fingerprint density at radius 1 is 0.793 bits per heavy atom. The van der Waals surface area contributed by atoms with Crippen molar-refractivity contribution in [2.45, 2.75) is 33.1 Å². The van der Waals surface area contributed by atoms with Crippen LogP contribution < -0.4 is 15.1 Å². The third kappa shape index (κ3) is 4.78. The van der Waals surface area contributed by atoms with E-state index < -0.39 is 0 Å². The summed E-state index contributed by atoms with van der Waals surface area (Å²) in [5.74, 6) is 1.97. The summed E-state index contributed by atoms with van der Waals surface area (Å²) in [5, 5.41) is 3.04. The van der Waals surface area contributed by atoms with Crippen molar-refractivity contribution in [1.29, 1.82) is 0 Å². The van der Waals surface area contributed by atoms with Gasteiger partial charge >= 0.3 is 6.03 Å². The van der Waals surface area contributed by atoms with Crippen LogP contribution in [0.15, 0.2) is 30.6 Å². The molecule has 0 unspecified atom stereocenters. The van der Waals surface area contributed by atoms with Crippen LogP contribution in [-0.4, -0.2) is 60.2 Å². The van der Waals surface area contributed by atoms with Gasteiger partial charge in [-0.25, -0.2) is 14.8 Å². The van der Waals surface area contributed by atoms with Gasteiger partial charge in [0, 0.05) is 51.0 Å². The molecule has 1 N–H and O–H groups in total. The third-order valence-corrected chi connectivity index (χ3v) is 5.68. The van der Waals surface area contributed by atoms with E-state index in [9.17, 15) is 4.79 Å². The molecule has 0 saturated carbocycles. The van der Waals surface area contributed by atoms with Crippen LogP contribution in [0.3, 0.4) is 0 Å². The zero-order chi connectivity index (χ0) is 20.2. The lowest BCUT2D eigenvalue weighted by Crippen LogP contribution is -2.50.